The maximum atomic E-state index is 10.7. The molecule has 2 atom stereocenters. The number of carbonyl (C=O) groups is 1. The number of carboxylic acids is 1. The summed E-state index contributed by atoms with van der Waals surface area (Å²) in [7, 11) is 1.34. The highest BCUT2D eigenvalue weighted by molar-refractivity contribution is 9.14. The molecular formula is C8H8Br2O5. The van der Waals surface area contributed by atoms with Crippen LogP contribution in [-0.4, -0.2) is 32.9 Å². The van der Waals surface area contributed by atoms with Gasteiger partial charge in [-0.05, 0) is 31.9 Å². The number of rotatable bonds is 2. The van der Waals surface area contributed by atoms with Gasteiger partial charge in [0.25, 0.3) is 0 Å². The first-order valence-corrected chi connectivity index (χ1v) is 5.39. The standard InChI is InChI=1S/C8H8Br2O5/c1-15-8(10)2-3(11)4(7(13)14)5(12)6(8)9/h2,4,11-12H,1H3,(H,13,14). The van der Waals surface area contributed by atoms with Crippen molar-refractivity contribution in [3.63, 3.8) is 0 Å². The van der Waals surface area contributed by atoms with Crippen LogP contribution in [0.25, 0.3) is 0 Å². The van der Waals surface area contributed by atoms with Gasteiger partial charge in [-0.15, -0.1) is 0 Å². The summed E-state index contributed by atoms with van der Waals surface area (Å²) >= 11 is 6.11. The largest absolute Gasteiger partial charge is 0.511 e. The predicted octanol–water partition coefficient (Wildman–Crippen LogP) is 2.04. The van der Waals surface area contributed by atoms with Crippen LogP contribution in [-0.2, 0) is 9.53 Å². The number of carboxylic acid groups (broad SMARTS) is 1. The molecule has 15 heavy (non-hydrogen) atoms. The Morgan fingerprint density at radius 1 is 1.60 bits per heavy atom. The van der Waals surface area contributed by atoms with Crippen molar-refractivity contribution < 1.29 is 24.9 Å². The van der Waals surface area contributed by atoms with Crippen molar-refractivity contribution in [2.24, 2.45) is 5.92 Å². The lowest BCUT2D eigenvalue weighted by atomic mass is 9.97. The SMILES string of the molecule is COC1(Br)C=C(O)C(C(=O)O)C(O)=C1Br. The lowest BCUT2D eigenvalue weighted by molar-refractivity contribution is -0.141. The van der Waals surface area contributed by atoms with Gasteiger partial charge in [-0.2, -0.15) is 0 Å². The highest BCUT2D eigenvalue weighted by Crippen LogP contribution is 2.43. The van der Waals surface area contributed by atoms with E-state index in [-0.39, 0.29) is 4.48 Å². The first kappa shape index (κ1) is 12.5. The average molecular weight is 344 g/mol. The Hall–Kier alpha value is -0.530. The third-order valence-electron chi connectivity index (χ3n) is 1.97. The monoisotopic (exact) mass is 342 g/mol. The number of aliphatic hydroxyl groups is 2. The van der Waals surface area contributed by atoms with E-state index in [4.69, 9.17) is 9.84 Å². The second-order valence-corrected chi connectivity index (χ2v) is 4.86. The van der Waals surface area contributed by atoms with E-state index >= 15 is 0 Å². The summed E-state index contributed by atoms with van der Waals surface area (Å²) < 4.78 is 3.87. The van der Waals surface area contributed by atoms with Crippen LogP contribution in [0, 0.1) is 5.92 Å². The highest BCUT2D eigenvalue weighted by atomic mass is 79.9. The zero-order valence-corrected chi connectivity index (χ0v) is 10.7. The van der Waals surface area contributed by atoms with Crippen LogP contribution in [0.4, 0.5) is 0 Å². The van der Waals surface area contributed by atoms with E-state index < -0.39 is 27.9 Å². The Bertz CT molecular complexity index is 362. The molecule has 0 amide bonds. The molecule has 84 valence electrons. The fourth-order valence-electron chi connectivity index (χ4n) is 1.17. The van der Waals surface area contributed by atoms with Crippen molar-refractivity contribution in [1.82, 2.24) is 0 Å². The van der Waals surface area contributed by atoms with Gasteiger partial charge in [0.1, 0.15) is 11.5 Å². The molecule has 0 aromatic carbocycles. The summed E-state index contributed by atoms with van der Waals surface area (Å²) in [5, 5.41) is 27.8. The summed E-state index contributed by atoms with van der Waals surface area (Å²) in [5.41, 5.74) is 0. The molecule has 0 radical (unpaired) electrons. The average Bonchev–Trinajstić information content (AvgIpc) is 2.14. The number of halogens is 2. The van der Waals surface area contributed by atoms with Gasteiger partial charge in [0, 0.05) is 13.2 Å². The molecule has 0 saturated heterocycles. The second-order valence-electron chi connectivity index (χ2n) is 2.89. The zero-order chi connectivity index (χ0) is 11.8. The first-order chi connectivity index (χ1) is 6.83. The highest BCUT2D eigenvalue weighted by Gasteiger charge is 2.42. The molecule has 1 aliphatic carbocycles. The number of aliphatic carboxylic acids is 1. The molecule has 0 aliphatic heterocycles. The quantitative estimate of drug-likeness (QED) is 0.668. The van der Waals surface area contributed by atoms with Crippen molar-refractivity contribution in [2.45, 2.75) is 4.51 Å². The van der Waals surface area contributed by atoms with Crippen molar-refractivity contribution in [3.05, 3.63) is 22.1 Å². The summed E-state index contributed by atoms with van der Waals surface area (Å²) in [4.78, 5) is 10.7. The number of methoxy groups -OCH3 is 1. The number of hydrogen-bond donors (Lipinski definition) is 3. The molecule has 3 N–H and O–H groups in total. The van der Waals surface area contributed by atoms with E-state index in [0.717, 1.165) is 6.08 Å². The van der Waals surface area contributed by atoms with E-state index in [1.54, 1.807) is 0 Å². The maximum absolute atomic E-state index is 10.7. The molecule has 0 aromatic heterocycles. The minimum atomic E-state index is -1.46. The number of alkyl halides is 1. The Morgan fingerprint density at radius 2 is 2.13 bits per heavy atom. The molecule has 0 aromatic rings. The third kappa shape index (κ3) is 2.04. The summed E-state index contributed by atoms with van der Waals surface area (Å²) in [6.07, 6.45) is 1.16. The van der Waals surface area contributed by atoms with Crippen molar-refractivity contribution in [2.75, 3.05) is 7.11 Å². The van der Waals surface area contributed by atoms with E-state index in [1.165, 1.54) is 7.11 Å². The molecule has 0 spiro atoms. The van der Waals surface area contributed by atoms with Gasteiger partial charge in [-0.3, -0.25) is 4.79 Å². The lowest BCUT2D eigenvalue weighted by Crippen LogP contribution is -2.32. The van der Waals surface area contributed by atoms with Crippen LogP contribution in [0.3, 0.4) is 0 Å². The molecular weight excluding hydrogens is 336 g/mol. The van der Waals surface area contributed by atoms with Gasteiger partial charge in [0.15, 0.2) is 10.4 Å². The predicted molar refractivity (Wildman–Crippen MR) is 59.1 cm³/mol. The van der Waals surface area contributed by atoms with Gasteiger partial charge in [0.2, 0.25) is 0 Å². The van der Waals surface area contributed by atoms with Crippen LogP contribution in [0.2, 0.25) is 0 Å². The molecule has 5 nitrogen and oxygen atoms in total. The van der Waals surface area contributed by atoms with Crippen LogP contribution < -0.4 is 0 Å². The van der Waals surface area contributed by atoms with E-state index in [9.17, 15) is 15.0 Å². The molecule has 7 heteroatoms. The van der Waals surface area contributed by atoms with Crippen LogP contribution >= 0.6 is 31.9 Å². The van der Waals surface area contributed by atoms with Gasteiger partial charge in [0.05, 0.1) is 4.48 Å². The second kappa shape index (κ2) is 4.15. The van der Waals surface area contributed by atoms with Crippen molar-refractivity contribution in [1.29, 1.82) is 0 Å². The number of aliphatic hydroxyl groups excluding tert-OH is 2. The third-order valence-corrected chi connectivity index (χ3v) is 4.45. The number of ether oxygens (including phenoxy) is 1. The summed E-state index contributed by atoms with van der Waals surface area (Å²) in [6.45, 7) is 0. The van der Waals surface area contributed by atoms with Crippen molar-refractivity contribution >= 4 is 37.8 Å². The molecule has 1 aliphatic rings. The van der Waals surface area contributed by atoms with Gasteiger partial charge < -0.3 is 20.1 Å². The smallest absolute Gasteiger partial charge is 0.322 e. The van der Waals surface area contributed by atoms with Gasteiger partial charge in [-0.25, -0.2) is 0 Å². The molecule has 2 unspecified atom stereocenters. The summed E-state index contributed by atoms with van der Waals surface area (Å²) in [6, 6.07) is 0. The molecule has 0 heterocycles. The lowest BCUT2D eigenvalue weighted by Gasteiger charge is -2.29. The fraction of sp³-hybridized carbons (Fsp3) is 0.375. The summed E-state index contributed by atoms with van der Waals surface area (Å²) in [5.74, 6) is -3.78. The van der Waals surface area contributed by atoms with E-state index in [0.29, 0.717) is 0 Å². The minimum absolute atomic E-state index is 0.114. The first-order valence-electron chi connectivity index (χ1n) is 3.81. The Balaban J connectivity index is 3.26. The molecule has 0 saturated carbocycles. The Morgan fingerprint density at radius 3 is 2.53 bits per heavy atom. The van der Waals surface area contributed by atoms with E-state index in [1.807, 2.05) is 0 Å². The zero-order valence-electron chi connectivity index (χ0n) is 7.57. The molecule has 1 rings (SSSR count). The van der Waals surface area contributed by atoms with Gasteiger partial charge >= 0.3 is 5.97 Å². The van der Waals surface area contributed by atoms with Crippen molar-refractivity contribution in [3.8, 4) is 0 Å². The van der Waals surface area contributed by atoms with Crippen LogP contribution in [0.15, 0.2) is 22.1 Å². The number of hydrogen-bond acceptors (Lipinski definition) is 4. The van der Waals surface area contributed by atoms with Crippen LogP contribution in [0.5, 0.6) is 0 Å². The Labute approximate surface area is 102 Å². The van der Waals surface area contributed by atoms with E-state index in [2.05, 4.69) is 31.9 Å². The minimum Gasteiger partial charge on any atom is -0.511 e. The molecule has 0 bridgehead atoms. The Kier molecular flexibility index (Phi) is 3.47. The maximum Gasteiger partial charge on any atom is 0.322 e. The fourth-order valence-corrected chi connectivity index (χ4v) is 2.11. The van der Waals surface area contributed by atoms with Crippen LogP contribution in [0.1, 0.15) is 0 Å². The molecule has 0 fully saturated rings. The van der Waals surface area contributed by atoms with Gasteiger partial charge in [-0.1, -0.05) is 0 Å². The normalized spacial score (nSPS) is 31.4. The topological polar surface area (TPSA) is 87.0 Å².